The van der Waals surface area contributed by atoms with E-state index in [0.717, 1.165) is 11.1 Å². The lowest BCUT2D eigenvalue weighted by molar-refractivity contribution is 0.101. The molecule has 0 saturated heterocycles. The number of hydrogen-bond donors (Lipinski definition) is 2. The summed E-state index contributed by atoms with van der Waals surface area (Å²) in [6.45, 7) is 1.89. The number of fused-ring (bicyclic) bond motifs is 1. The quantitative estimate of drug-likeness (QED) is 0.331. The Balaban J connectivity index is 2.03. The van der Waals surface area contributed by atoms with Gasteiger partial charge in [0.15, 0.2) is 5.76 Å². The Bertz CT molecular complexity index is 1080. The van der Waals surface area contributed by atoms with Crippen LogP contribution in [0.1, 0.15) is 28.6 Å². The Morgan fingerprint density at radius 1 is 1.22 bits per heavy atom. The van der Waals surface area contributed by atoms with Gasteiger partial charge in [0.1, 0.15) is 5.58 Å². The molecule has 0 radical (unpaired) electrons. The van der Waals surface area contributed by atoms with Gasteiger partial charge < -0.3 is 20.8 Å². The lowest BCUT2D eigenvalue weighted by atomic mass is 10.0. The summed E-state index contributed by atoms with van der Waals surface area (Å²) >= 11 is 12.0. The van der Waals surface area contributed by atoms with Crippen LogP contribution in [0.15, 0.2) is 59.2 Å². The Kier molecular flexibility index (Phi) is 5.56. The third-order valence-electron chi connectivity index (χ3n) is 4.08. The van der Waals surface area contributed by atoms with E-state index in [1.165, 1.54) is 18.3 Å². The fourth-order valence-corrected chi connectivity index (χ4v) is 3.15. The second kappa shape index (κ2) is 7.88. The van der Waals surface area contributed by atoms with Crippen molar-refractivity contribution in [1.29, 1.82) is 0 Å². The zero-order valence-corrected chi connectivity index (χ0v) is 15.8. The number of nitrogens with one attached hydrogen (secondary N) is 1. The molecule has 1 aromatic heterocycles. The standard InChI is InChI=1S/C20H15Cl2N2O3/c1-11(3-2-8-24-26)12-4-6-15-17(9-12)27-20(18(15)23)19(25)14-7-5-13(21)10-16(14)22/h2-10,24H,23H2,1H3/q-1/b8-2-,11-3+. The van der Waals surface area contributed by atoms with Gasteiger partial charge in [-0.2, -0.15) is 0 Å². The highest BCUT2D eigenvalue weighted by Gasteiger charge is 2.22. The fourth-order valence-electron chi connectivity index (χ4n) is 2.65. The Morgan fingerprint density at radius 2 is 2.00 bits per heavy atom. The average molecular weight is 402 g/mol. The summed E-state index contributed by atoms with van der Waals surface area (Å²) in [4.78, 5) is 12.8. The number of ketones is 1. The number of anilines is 1. The van der Waals surface area contributed by atoms with E-state index >= 15 is 0 Å². The van der Waals surface area contributed by atoms with E-state index < -0.39 is 5.78 Å². The van der Waals surface area contributed by atoms with Crippen LogP contribution in [0.5, 0.6) is 0 Å². The molecule has 0 aliphatic rings. The number of carbonyl (C=O) groups excluding carboxylic acids is 1. The van der Waals surface area contributed by atoms with Crippen LogP contribution < -0.4 is 11.2 Å². The molecule has 0 saturated carbocycles. The Labute approximate surface area is 165 Å². The van der Waals surface area contributed by atoms with Gasteiger partial charge in [0.05, 0.1) is 10.7 Å². The van der Waals surface area contributed by atoms with Gasteiger partial charge in [-0.25, -0.2) is 0 Å². The largest absolute Gasteiger partial charge is 0.761 e. The van der Waals surface area contributed by atoms with Crippen LogP contribution in [0.25, 0.3) is 16.5 Å². The molecule has 0 unspecified atom stereocenters. The van der Waals surface area contributed by atoms with E-state index in [0.29, 0.717) is 16.0 Å². The number of rotatable bonds is 5. The molecule has 7 heteroatoms. The highest BCUT2D eigenvalue weighted by atomic mass is 35.5. The molecule has 5 nitrogen and oxygen atoms in total. The summed E-state index contributed by atoms with van der Waals surface area (Å²) in [5, 5.41) is 11.5. The lowest BCUT2D eigenvalue weighted by Crippen LogP contribution is -2.03. The number of benzene rings is 2. The van der Waals surface area contributed by atoms with Crippen LogP contribution in [0.3, 0.4) is 0 Å². The highest BCUT2D eigenvalue weighted by molar-refractivity contribution is 6.37. The summed E-state index contributed by atoms with van der Waals surface area (Å²) < 4.78 is 5.74. The minimum absolute atomic E-state index is 0.0310. The van der Waals surface area contributed by atoms with Gasteiger partial charge in [-0.3, -0.25) is 4.79 Å². The molecule has 0 amide bonds. The van der Waals surface area contributed by atoms with E-state index in [4.69, 9.17) is 33.4 Å². The van der Waals surface area contributed by atoms with Crippen LogP contribution in [0, 0.1) is 5.21 Å². The molecule has 3 aromatic rings. The van der Waals surface area contributed by atoms with Crippen molar-refractivity contribution in [3.05, 3.63) is 86.9 Å². The number of halogens is 2. The van der Waals surface area contributed by atoms with Crippen LogP contribution in [0.2, 0.25) is 10.0 Å². The summed E-state index contributed by atoms with van der Waals surface area (Å²) in [5.41, 5.74) is 10.6. The monoisotopic (exact) mass is 401 g/mol. The maximum Gasteiger partial charge on any atom is 0.231 e. The van der Waals surface area contributed by atoms with Crippen molar-refractivity contribution in [3.63, 3.8) is 0 Å². The zero-order chi connectivity index (χ0) is 19.6. The van der Waals surface area contributed by atoms with Gasteiger partial charge >= 0.3 is 0 Å². The number of hydrogen-bond acceptors (Lipinski definition) is 5. The topological polar surface area (TPSA) is 91.3 Å². The molecular formula is C20H15Cl2N2O3-. The lowest BCUT2D eigenvalue weighted by Gasteiger charge is -2.02. The molecule has 0 aliphatic carbocycles. The molecule has 1 heterocycles. The second-order valence-electron chi connectivity index (χ2n) is 5.84. The molecule has 3 rings (SSSR count). The third-order valence-corrected chi connectivity index (χ3v) is 4.62. The highest BCUT2D eigenvalue weighted by Crippen LogP contribution is 2.33. The van der Waals surface area contributed by atoms with Crippen LogP contribution in [-0.2, 0) is 0 Å². The number of nitrogen functional groups attached to an aromatic ring is 1. The van der Waals surface area contributed by atoms with Crippen molar-refractivity contribution < 1.29 is 9.21 Å². The van der Waals surface area contributed by atoms with Crippen LogP contribution in [-0.4, -0.2) is 5.78 Å². The number of carbonyl (C=O) groups is 1. The fraction of sp³-hybridized carbons (Fsp3) is 0.0500. The number of allylic oxidation sites excluding steroid dienone is 3. The minimum atomic E-state index is -0.413. The predicted molar refractivity (Wildman–Crippen MR) is 110 cm³/mol. The first-order valence-electron chi connectivity index (χ1n) is 7.95. The third kappa shape index (κ3) is 3.85. The van der Waals surface area contributed by atoms with E-state index in [1.807, 2.05) is 13.0 Å². The van der Waals surface area contributed by atoms with Gasteiger partial charge in [-0.1, -0.05) is 35.3 Å². The van der Waals surface area contributed by atoms with Crippen LogP contribution in [0.4, 0.5) is 5.69 Å². The first-order chi connectivity index (χ1) is 12.9. The first kappa shape index (κ1) is 19.0. The molecule has 138 valence electrons. The summed E-state index contributed by atoms with van der Waals surface area (Å²) in [5.74, 6) is -0.382. The van der Waals surface area contributed by atoms with E-state index in [1.54, 1.807) is 35.8 Å². The van der Waals surface area contributed by atoms with Crippen molar-refractivity contribution >= 4 is 51.2 Å². The Hall–Kier alpha value is -2.73. The van der Waals surface area contributed by atoms with Crippen molar-refractivity contribution in [1.82, 2.24) is 5.48 Å². The molecule has 0 atom stereocenters. The molecule has 0 fully saturated rings. The van der Waals surface area contributed by atoms with Gasteiger partial charge in [0.2, 0.25) is 5.78 Å². The van der Waals surface area contributed by atoms with Gasteiger partial charge in [-0.05, 0) is 60.7 Å². The summed E-state index contributed by atoms with van der Waals surface area (Å²) in [6.07, 6.45) is 4.65. The normalized spacial score (nSPS) is 12.1. The number of nitrogens with two attached hydrogens (primary N) is 1. The number of furan rings is 1. The molecule has 27 heavy (non-hydrogen) atoms. The van der Waals surface area contributed by atoms with Crippen molar-refractivity contribution in [2.75, 3.05) is 5.73 Å². The van der Waals surface area contributed by atoms with Gasteiger partial charge in [0, 0.05) is 16.0 Å². The van der Waals surface area contributed by atoms with Crippen molar-refractivity contribution in [2.24, 2.45) is 0 Å². The molecular weight excluding hydrogens is 387 g/mol. The first-order valence-corrected chi connectivity index (χ1v) is 8.71. The van der Waals surface area contributed by atoms with E-state index in [2.05, 4.69) is 0 Å². The minimum Gasteiger partial charge on any atom is -0.761 e. The summed E-state index contributed by atoms with van der Waals surface area (Å²) in [6, 6.07) is 10.0. The zero-order valence-electron chi connectivity index (χ0n) is 14.3. The summed E-state index contributed by atoms with van der Waals surface area (Å²) in [7, 11) is 0. The van der Waals surface area contributed by atoms with E-state index in [9.17, 15) is 10.0 Å². The van der Waals surface area contributed by atoms with E-state index in [-0.39, 0.29) is 22.0 Å². The predicted octanol–water partition coefficient (Wildman–Crippen LogP) is 5.56. The maximum absolute atomic E-state index is 12.8. The van der Waals surface area contributed by atoms with Crippen molar-refractivity contribution in [3.8, 4) is 0 Å². The van der Waals surface area contributed by atoms with Gasteiger partial charge in [0.25, 0.3) is 0 Å². The molecule has 0 bridgehead atoms. The molecule has 0 spiro atoms. The molecule has 2 aromatic carbocycles. The van der Waals surface area contributed by atoms with Crippen molar-refractivity contribution in [2.45, 2.75) is 6.92 Å². The maximum atomic E-state index is 12.8. The molecule has 3 N–H and O–H groups in total. The van der Waals surface area contributed by atoms with Crippen LogP contribution >= 0.6 is 23.2 Å². The SMILES string of the molecule is C/C(=C\C=C/N[O-])c1ccc2c(N)c(C(=O)c3ccc(Cl)cc3Cl)oc2c1. The van der Waals surface area contributed by atoms with Gasteiger partial charge in [-0.15, -0.1) is 0 Å². The second-order valence-corrected chi connectivity index (χ2v) is 6.68. The smallest absolute Gasteiger partial charge is 0.231 e. The molecule has 0 aliphatic heterocycles. The number of hydroxylamine groups is 1. The average Bonchev–Trinajstić information content (AvgIpc) is 2.97. The Morgan fingerprint density at radius 3 is 2.70 bits per heavy atom.